The molecule has 1 aromatic carbocycles. The second-order valence-electron chi connectivity index (χ2n) is 10.5. The lowest BCUT2D eigenvalue weighted by molar-refractivity contribution is -0.145. The Balaban J connectivity index is 1.67. The van der Waals surface area contributed by atoms with Crippen LogP contribution in [0.5, 0.6) is 5.75 Å². The number of esters is 1. The fourth-order valence-electron chi connectivity index (χ4n) is 4.11. The summed E-state index contributed by atoms with van der Waals surface area (Å²) in [5, 5.41) is 0. The van der Waals surface area contributed by atoms with E-state index in [9.17, 15) is 4.79 Å². The number of carbonyl (C=O) groups excluding carboxylic acids is 1. The Morgan fingerprint density at radius 1 is 0.511 bits per heavy atom. The molecule has 11 nitrogen and oxygen atoms in total. The highest BCUT2D eigenvalue weighted by Crippen LogP contribution is 2.19. The van der Waals surface area contributed by atoms with Crippen LogP contribution in [-0.4, -0.2) is 112 Å². The minimum Gasteiger partial charge on any atom is -0.489 e. The molecule has 0 spiro atoms. The summed E-state index contributed by atoms with van der Waals surface area (Å²) >= 11 is 0. The molecule has 0 heterocycles. The molecular weight excluding hydrogens is 582 g/mol. The lowest BCUT2D eigenvalue weighted by Gasteiger charge is -2.09. The number of carbonyl (C=O) groups is 1. The Morgan fingerprint density at radius 3 is 1.33 bits per heavy atom. The molecule has 0 atom stereocenters. The number of unbranched alkanes of at least 4 members (excludes halogenated alkanes) is 8. The number of nitrogens with two attached hydrogens (primary N) is 1. The number of nitrogen functional groups attached to an aromatic ring is 1. The molecule has 262 valence electrons. The van der Waals surface area contributed by atoms with Gasteiger partial charge < -0.3 is 48.4 Å². The van der Waals surface area contributed by atoms with E-state index in [1.165, 1.54) is 44.9 Å². The maximum absolute atomic E-state index is 11.8. The van der Waals surface area contributed by atoms with Gasteiger partial charge in [0.15, 0.2) is 0 Å². The van der Waals surface area contributed by atoms with Crippen molar-refractivity contribution in [3.63, 3.8) is 0 Å². The van der Waals surface area contributed by atoms with Crippen molar-refractivity contribution in [1.29, 1.82) is 0 Å². The molecule has 0 saturated heterocycles. The highest BCUT2D eigenvalue weighted by molar-refractivity contribution is 5.69. The fraction of sp³-hybridized carbons (Fsp3) is 0.794. The molecule has 2 N–H and O–H groups in total. The molecule has 0 saturated carbocycles. The standard InChI is InChI=1S/C34H61NO10/c1-2-3-4-5-6-7-8-9-10-15-34(36)45-31-29-43-27-25-41-23-21-39-19-17-37-16-18-38-20-22-40-24-26-42-28-30-44-33-14-12-11-13-32(33)35/h11-14H,2-10,15-31,35H2,1H3. The van der Waals surface area contributed by atoms with Crippen LogP contribution in [0.25, 0.3) is 0 Å². The van der Waals surface area contributed by atoms with E-state index in [4.69, 9.17) is 48.4 Å². The van der Waals surface area contributed by atoms with E-state index in [0.29, 0.717) is 117 Å². The summed E-state index contributed by atoms with van der Waals surface area (Å²) in [6.07, 6.45) is 11.6. The average molecular weight is 644 g/mol. The van der Waals surface area contributed by atoms with Gasteiger partial charge in [0.2, 0.25) is 0 Å². The molecule has 45 heavy (non-hydrogen) atoms. The monoisotopic (exact) mass is 643 g/mol. The summed E-state index contributed by atoms with van der Waals surface area (Å²) in [6, 6.07) is 7.38. The van der Waals surface area contributed by atoms with Crippen LogP contribution in [0, 0.1) is 0 Å². The second-order valence-corrected chi connectivity index (χ2v) is 10.5. The molecule has 0 aliphatic rings. The lowest BCUT2D eigenvalue weighted by atomic mass is 10.1. The minimum atomic E-state index is -0.136. The predicted octanol–water partition coefficient (Wildman–Crippen LogP) is 5.23. The van der Waals surface area contributed by atoms with Crippen LogP contribution >= 0.6 is 0 Å². The zero-order valence-electron chi connectivity index (χ0n) is 27.9. The molecule has 0 fully saturated rings. The van der Waals surface area contributed by atoms with E-state index in [2.05, 4.69) is 6.92 Å². The Bertz CT molecular complexity index is 770. The maximum Gasteiger partial charge on any atom is 0.305 e. The van der Waals surface area contributed by atoms with Gasteiger partial charge in [0.05, 0.1) is 98.2 Å². The van der Waals surface area contributed by atoms with Crippen molar-refractivity contribution in [2.45, 2.75) is 71.1 Å². The summed E-state index contributed by atoms with van der Waals surface area (Å²) in [4.78, 5) is 11.8. The minimum absolute atomic E-state index is 0.136. The van der Waals surface area contributed by atoms with Crippen LogP contribution in [-0.2, 0) is 42.7 Å². The molecule has 0 aliphatic heterocycles. The molecule has 0 aromatic heterocycles. The normalized spacial score (nSPS) is 11.2. The van der Waals surface area contributed by atoms with E-state index in [1.807, 2.05) is 18.2 Å². The molecule has 1 aromatic rings. The number of para-hydroxylation sites is 2. The third-order valence-corrected chi connectivity index (χ3v) is 6.61. The Kier molecular flexibility index (Phi) is 30.4. The lowest BCUT2D eigenvalue weighted by Crippen LogP contribution is -2.15. The van der Waals surface area contributed by atoms with Gasteiger partial charge in [-0.05, 0) is 18.6 Å². The molecule has 0 aliphatic carbocycles. The number of anilines is 1. The van der Waals surface area contributed by atoms with Gasteiger partial charge in [-0.25, -0.2) is 0 Å². The molecule has 0 bridgehead atoms. The average Bonchev–Trinajstić information content (AvgIpc) is 3.04. The van der Waals surface area contributed by atoms with Gasteiger partial charge in [-0.1, -0.05) is 70.4 Å². The maximum atomic E-state index is 11.8. The van der Waals surface area contributed by atoms with Gasteiger partial charge in [-0.15, -0.1) is 0 Å². The van der Waals surface area contributed by atoms with Crippen molar-refractivity contribution in [1.82, 2.24) is 0 Å². The van der Waals surface area contributed by atoms with Crippen molar-refractivity contribution in [3.8, 4) is 5.75 Å². The van der Waals surface area contributed by atoms with Gasteiger partial charge in [0, 0.05) is 6.42 Å². The first-order chi connectivity index (χ1) is 22.2. The van der Waals surface area contributed by atoms with E-state index in [1.54, 1.807) is 6.07 Å². The summed E-state index contributed by atoms with van der Waals surface area (Å²) < 4.78 is 49.1. The van der Waals surface area contributed by atoms with Crippen LogP contribution in [0.15, 0.2) is 24.3 Å². The van der Waals surface area contributed by atoms with E-state index < -0.39 is 0 Å². The number of hydrogen-bond donors (Lipinski definition) is 1. The van der Waals surface area contributed by atoms with Crippen molar-refractivity contribution < 1.29 is 47.4 Å². The zero-order valence-corrected chi connectivity index (χ0v) is 27.9. The third kappa shape index (κ3) is 29.2. The van der Waals surface area contributed by atoms with Crippen molar-refractivity contribution in [2.75, 3.05) is 111 Å². The fourth-order valence-corrected chi connectivity index (χ4v) is 4.11. The number of ether oxygens (including phenoxy) is 9. The van der Waals surface area contributed by atoms with Gasteiger partial charge in [0.25, 0.3) is 0 Å². The first-order valence-electron chi connectivity index (χ1n) is 16.9. The van der Waals surface area contributed by atoms with Crippen molar-refractivity contribution >= 4 is 11.7 Å². The van der Waals surface area contributed by atoms with E-state index in [0.717, 1.165) is 12.8 Å². The molecule has 0 amide bonds. The van der Waals surface area contributed by atoms with Crippen LogP contribution < -0.4 is 10.5 Å². The van der Waals surface area contributed by atoms with Gasteiger partial charge in [0.1, 0.15) is 19.0 Å². The quantitative estimate of drug-likeness (QED) is 0.0594. The van der Waals surface area contributed by atoms with E-state index in [-0.39, 0.29) is 12.6 Å². The predicted molar refractivity (Wildman–Crippen MR) is 175 cm³/mol. The largest absolute Gasteiger partial charge is 0.489 e. The highest BCUT2D eigenvalue weighted by Gasteiger charge is 2.03. The van der Waals surface area contributed by atoms with Crippen LogP contribution in [0.4, 0.5) is 5.69 Å². The summed E-state index contributed by atoms with van der Waals surface area (Å²) in [7, 11) is 0. The Hall–Kier alpha value is -1.99. The summed E-state index contributed by atoms with van der Waals surface area (Å²) in [6.45, 7) is 9.72. The van der Waals surface area contributed by atoms with Crippen molar-refractivity contribution in [2.24, 2.45) is 0 Å². The smallest absolute Gasteiger partial charge is 0.305 e. The summed E-state index contributed by atoms with van der Waals surface area (Å²) in [5.74, 6) is 0.533. The Morgan fingerprint density at radius 2 is 0.889 bits per heavy atom. The summed E-state index contributed by atoms with van der Waals surface area (Å²) in [5.41, 5.74) is 6.44. The Labute approximate surface area is 271 Å². The molecule has 1 rings (SSSR count). The van der Waals surface area contributed by atoms with Crippen LogP contribution in [0.3, 0.4) is 0 Å². The SMILES string of the molecule is CCCCCCCCCCCC(=O)OCCOCCOCCOCCOCCOCCOCCOCCOc1ccccc1N. The second kappa shape index (κ2) is 33.4. The van der Waals surface area contributed by atoms with Gasteiger partial charge in [-0.2, -0.15) is 0 Å². The van der Waals surface area contributed by atoms with Crippen molar-refractivity contribution in [3.05, 3.63) is 24.3 Å². The number of rotatable bonds is 35. The molecule has 0 radical (unpaired) electrons. The third-order valence-electron chi connectivity index (χ3n) is 6.61. The molecular formula is C34H61NO10. The number of hydrogen-bond acceptors (Lipinski definition) is 11. The first-order valence-corrected chi connectivity index (χ1v) is 16.9. The molecule has 0 unspecified atom stereocenters. The van der Waals surface area contributed by atoms with Gasteiger partial charge in [-0.3, -0.25) is 4.79 Å². The topological polar surface area (TPSA) is 126 Å². The first kappa shape index (κ1) is 41.0. The van der Waals surface area contributed by atoms with Crippen LogP contribution in [0.1, 0.15) is 71.1 Å². The van der Waals surface area contributed by atoms with E-state index >= 15 is 0 Å². The highest BCUT2D eigenvalue weighted by atomic mass is 16.6. The van der Waals surface area contributed by atoms with Crippen LogP contribution in [0.2, 0.25) is 0 Å². The number of benzene rings is 1. The molecule has 11 heteroatoms. The zero-order chi connectivity index (χ0) is 32.3. The van der Waals surface area contributed by atoms with Gasteiger partial charge >= 0.3 is 5.97 Å².